The van der Waals surface area contributed by atoms with Crippen LogP contribution in [0.15, 0.2) is 47.5 Å². The van der Waals surface area contributed by atoms with Crippen LogP contribution >= 0.6 is 23.2 Å². The quantitative estimate of drug-likeness (QED) is 0.575. The number of ether oxygens (including phenoxy) is 1. The molecule has 1 aliphatic heterocycles. The number of allylic oxidation sites excluding steroid dienone is 1. The Bertz CT molecular complexity index is 855. The van der Waals surface area contributed by atoms with Gasteiger partial charge in [0.2, 0.25) is 0 Å². The fourth-order valence-corrected chi connectivity index (χ4v) is 3.42. The Labute approximate surface area is 165 Å². The Kier molecular flexibility index (Phi) is 6.05. The van der Waals surface area contributed by atoms with E-state index in [1.165, 1.54) is 5.56 Å². The highest BCUT2D eigenvalue weighted by atomic mass is 35.5. The molecule has 1 aliphatic rings. The highest BCUT2D eigenvalue weighted by molar-refractivity contribution is 6.35. The third-order valence-electron chi connectivity index (χ3n) is 4.19. The van der Waals surface area contributed by atoms with E-state index in [4.69, 9.17) is 32.9 Å². The van der Waals surface area contributed by atoms with Gasteiger partial charge in [-0.05, 0) is 66.8 Å². The van der Waals surface area contributed by atoms with E-state index in [2.05, 4.69) is 32.9 Å². The lowest BCUT2D eigenvalue weighted by Gasteiger charge is -2.21. The van der Waals surface area contributed by atoms with Gasteiger partial charge in [-0.1, -0.05) is 49.2 Å². The minimum Gasteiger partial charge on any atom is -0.493 e. The van der Waals surface area contributed by atoms with Crippen molar-refractivity contribution in [2.24, 2.45) is 10.9 Å². The Morgan fingerprint density at radius 3 is 2.69 bits per heavy atom. The van der Waals surface area contributed by atoms with Gasteiger partial charge >= 0.3 is 0 Å². The van der Waals surface area contributed by atoms with E-state index in [1.807, 2.05) is 30.4 Å². The molecular weight excluding hydrogens is 365 g/mol. The highest BCUT2D eigenvalue weighted by Gasteiger charge is 2.17. The molecule has 0 fully saturated rings. The van der Waals surface area contributed by atoms with Crippen molar-refractivity contribution in [1.29, 1.82) is 0 Å². The molecule has 0 bridgehead atoms. The number of benzene rings is 2. The van der Waals surface area contributed by atoms with Crippen LogP contribution in [0.5, 0.6) is 5.75 Å². The van der Waals surface area contributed by atoms with Crippen molar-refractivity contribution in [3.8, 4) is 5.75 Å². The molecule has 0 aromatic heterocycles. The summed E-state index contributed by atoms with van der Waals surface area (Å²) in [6.45, 7) is 7.16. The minimum atomic E-state index is 0.239. The molecule has 26 heavy (non-hydrogen) atoms. The van der Waals surface area contributed by atoms with Crippen LogP contribution in [0.2, 0.25) is 10.0 Å². The first-order chi connectivity index (χ1) is 12.4. The zero-order valence-electron chi connectivity index (χ0n) is 15.3. The lowest BCUT2D eigenvalue weighted by molar-refractivity contribution is 0.271. The molecule has 2 aromatic carbocycles. The molecule has 0 amide bonds. The van der Waals surface area contributed by atoms with Gasteiger partial charge in [0.15, 0.2) is 0 Å². The largest absolute Gasteiger partial charge is 0.493 e. The number of hydrogen-bond donors (Lipinski definition) is 0. The zero-order chi connectivity index (χ0) is 18.7. The number of halogens is 2. The summed E-state index contributed by atoms with van der Waals surface area (Å²) in [4.78, 5) is 4.81. The van der Waals surface area contributed by atoms with E-state index < -0.39 is 0 Å². The van der Waals surface area contributed by atoms with Crippen LogP contribution in [-0.4, -0.2) is 18.4 Å². The predicted molar refractivity (Wildman–Crippen MR) is 112 cm³/mol. The molecule has 2 aromatic rings. The molecule has 0 aliphatic carbocycles. The van der Waals surface area contributed by atoms with Gasteiger partial charge in [-0.25, -0.2) is 0 Å². The van der Waals surface area contributed by atoms with Crippen LogP contribution < -0.4 is 4.74 Å². The van der Waals surface area contributed by atoms with E-state index in [0.717, 1.165) is 35.6 Å². The van der Waals surface area contributed by atoms with E-state index >= 15 is 0 Å². The average Bonchev–Trinajstić information content (AvgIpc) is 2.58. The smallest absolute Gasteiger partial charge is 0.119 e. The van der Waals surface area contributed by atoms with Crippen LogP contribution in [0, 0.1) is 5.92 Å². The van der Waals surface area contributed by atoms with E-state index in [0.29, 0.717) is 16.0 Å². The summed E-state index contributed by atoms with van der Waals surface area (Å²) in [5.41, 5.74) is 4.33. The maximum absolute atomic E-state index is 6.27. The average molecular weight is 388 g/mol. The summed E-state index contributed by atoms with van der Waals surface area (Å²) in [5.74, 6) is 1.43. The summed E-state index contributed by atoms with van der Waals surface area (Å²) < 4.78 is 5.87. The first-order valence-electron chi connectivity index (χ1n) is 8.89. The highest BCUT2D eigenvalue weighted by Crippen LogP contribution is 2.27. The monoisotopic (exact) mass is 387 g/mol. The molecule has 1 heterocycles. The molecule has 136 valence electrons. The molecule has 0 N–H and O–H groups in total. The Hall–Kier alpha value is -1.77. The summed E-state index contributed by atoms with van der Waals surface area (Å²) in [6.07, 6.45) is 4.94. The second kappa shape index (κ2) is 8.28. The van der Waals surface area contributed by atoms with Crippen LogP contribution in [0.4, 0.5) is 0 Å². The molecule has 1 unspecified atom stereocenters. The van der Waals surface area contributed by atoms with E-state index in [1.54, 1.807) is 6.07 Å². The van der Waals surface area contributed by atoms with Crippen molar-refractivity contribution in [2.75, 3.05) is 6.61 Å². The van der Waals surface area contributed by atoms with Gasteiger partial charge in [0, 0.05) is 15.6 Å². The molecule has 0 saturated carbocycles. The van der Waals surface area contributed by atoms with Crippen LogP contribution in [0.1, 0.15) is 37.5 Å². The molecule has 1 atom stereocenters. The third kappa shape index (κ3) is 4.69. The molecular formula is C22H23Cl2NO. The van der Waals surface area contributed by atoms with Gasteiger partial charge in [-0.3, -0.25) is 4.99 Å². The lowest BCUT2D eigenvalue weighted by Crippen LogP contribution is -2.17. The normalized spacial score (nSPS) is 16.7. The van der Waals surface area contributed by atoms with Crippen LogP contribution in [-0.2, 0) is 6.42 Å². The first-order valence-corrected chi connectivity index (χ1v) is 9.65. The summed E-state index contributed by atoms with van der Waals surface area (Å²) in [6, 6.07) is 12.0. The van der Waals surface area contributed by atoms with Crippen molar-refractivity contribution in [1.82, 2.24) is 0 Å². The molecule has 0 spiro atoms. The molecule has 0 radical (unpaired) electrons. The zero-order valence-corrected chi connectivity index (χ0v) is 16.8. The van der Waals surface area contributed by atoms with Crippen molar-refractivity contribution >= 4 is 35.0 Å². The molecule has 2 nitrogen and oxygen atoms in total. The van der Waals surface area contributed by atoms with Crippen molar-refractivity contribution in [2.45, 2.75) is 33.2 Å². The predicted octanol–water partition coefficient (Wildman–Crippen LogP) is 6.48. The summed E-state index contributed by atoms with van der Waals surface area (Å²) in [7, 11) is 0. The minimum absolute atomic E-state index is 0.239. The SMILES string of the molecule is CC(C)COc1ccc2c(c1)CC(C)N=C2C=Cc1ccc(Cl)cc1Cl. The molecule has 0 saturated heterocycles. The van der Waals surface area contributed by atoms with Gasteiger partial charge in [-0.2, -0.15) is 0 Å². The Balaban J connectivity index is 1.86. The molecule has 4 heteroatoms. The van der Waals surface area contributed by atoms with Gasteiger partial charge in [0.25, 0.3) is 0 Å². The van der Waals surface area contributed by atoms with Crippen molar-refractivity contribution in [3.05, 3.63) is 69.2 Å². The Morgan fingerprint density at radius 2 is 1.96 bits per heavy atom. The van der Waals surface area contributed by atoms with E-state index in [-0.39, 0.29) is 6.04 Å². The Morgan fingerprint density at radius 1 is 1.15 bits per heavy atom. The second-order valence-electron chi connectivity index (χ2n) is 7.09. The number of aliphatic imine (C=N–C) groups is 1. The molecule has 3 rings (SSSR count). The summed E-state index contributed by atoms with van der Waals surface area (Å²) >= 11 is 12.2. The van der Waals surface area contributed by atoms with Gasteiger partial charge < -0.3 is 4.74 Å². The maximum atomic E-state index is 6.27. The number of fused-ring (bicyclic) bond motifs is 1. The first kappa shape index (κ1) is 19.0. The topological polar surface area (TPSA) is 21.6 Å². The van der Waals surface area contributed by atoms with Gasteiger partial charge in [0.1, 0.15) is 5.75 Å². The number of hydrogen-bond acceptors (Lipinski definition) is 2. The number of nitrogens with zero attached hydrogens (tertiary/aromatic N) is 1. The second-order valence-corrected chi connectivity index (χ2v) is 7.93. The van der Waals surface area contributed by atoms with E-state index in [9.17, 15) is 0 Å². The standard InChI is InChI=1S/C22H23Cl2NO/c1-14(2)13-26-19-7-8-20-17(11-19)10-15(3)25-22(20)9-5-16-4-6-18(23)12-21(16)24/h4-9,11-12,14-15H,10,13H2,1-3H3. The van der Waals surface area contributed by atoms with Gasteiger partial charge in [0.05, 0.1) is 18.4 Å². The fourth-order valence-electron chi connectivity index (χ4n) is 2.95. The summed E-state index contributed by atoms with van der Waals surface area (Å²) in [5, 5.41) is 1.27. The number of rotatable bonds is 5. The van der Waals surface area contributed by atoms with Crippen molar-refractivity contribution < 1.29 is 4.74 Å². The fraction of sp³-hybridized carbons (Fsp3) is 0.318. The lowest BCUT2D eigenvalue weighted by atomic mass is 9.93. The third-order valence-corrected chi connectivity index (χ3v) is 4.76. The van der Waals surface area contributed by atoms with Crippen LogP contribution in [0.25, 0.3) is 6.08 Å². The van der Waals surface area contributed by atoms with Gasteiger partial charge in [-0.15, -0.1) is 0 Å². The van der Waals surface area contributed by atoms with Crippen LogP contribution in [0.3, 0.4) is 0 Å². The van der Waals surface area contributed by atoms with Crippen molar-refractivity contribution in [3.63, 3.8) is 0 Å². The maximum Gasteiger partial charge on any atom is 0.119 e.